The van der Waals surface area contributed by atoms with Crippen LogP contribution in [0.25, 0.3) is 11.5 Å². The topological polar surface area (TPSA) is 59.2 Å². The van der Waals surface area contributed by atoms with E-state index in [-0.39, 0.29) is 11.9 Å². The number of hydrogen-bond donors (Lipinski definition) is 1. The summed E-state index contributed by atoms with van der Waals surface area (Å²) in [6.45, 7) is 4.16. The molecule has 4 nitrogen and oxygen atoms in total. The van der Waals surface area contributed by atoms with E-state index in [2.05, 4.69) is 10.1 Å². The van der Waals surface area contributed by atoms with Crippen molar-refractivity contribution < 1.29 is 9.63 Å². The lowest BCUT2D eigenvalue weighted by atomic mass is 10.1. The zero-order valence-electron chi connectivity index (χ0n) is 10.5. The van der Waals surface area contributed by atoms with E-state index in [0.717, 1.165) is 5.56 Å². The van der Waals surface area contributed by atoms with E-state index in [1.165, 1.54) is 5.56 Å². The van der Waals surface area contributed by atoms with Gasteiger partial charge in [-0.15, -0.1) is 11.8 Å². The van der Waals surface area contributed by atoms with E-state index >= 15 is 0 Å². The summed E-state index contributed by atoms with van der Waals surface area (Å²) in [4.78, 5) is 4.34. The summed E-state index contributed by atoms with van der Waals surface area (Å²) in [5.74, 6) is 1.86. The maximum absolute atomic E-state index is 8.94. The van der Waals surface area contributed by atoms with Gasteiger partial charge in [0.2, 0.25) is 0 Å². The minimum Gasteiger partial charge on any atom is -0.395 e. The largest absolute Gasteiger partial charge is 0.395 e. The third kappa shape index (κ3) is 3.34. The third-order valence-corrected chi connectivity index (χ3v) is 3.66. The van der Waals surface area contributed by atoms with Crippen molar-refractivity contribution in [1.82, 2.24) is 10.1 Å². The first-order valence-electron chi connectivity index (χ1n) is 5.81. The second-order valence-electron chi connectivity index (χ2n) is 4.19. The lowest BCUT2D eigenvalue weighted by Gasteiger charge is -2.03. The Kier molecular flexibility index (Phi) is 4.38. The number of aryl methyl sites for hydroxylation is 1. The Bertz CT molecular complexity index is 496. The van der Waals surface area contributed by atoms with Gasteiger partial charge in [-0.1, -0.05) is 29.8 Å². The van der Waals surface area contributed by atoms with Crippen molar-refractivity contribution in [3.63, 3.8) is 0 Å². The normalized spacial score (nSPS) is 12.6. The van der Waals surface area contributed by atoms with E-state index < -0.39 is 0 Å². The predicted molar refractivity (Wildman–Crippen MR) is 72.3 cm³/mol. The lowest BCUT2D eigenvalue weighted by molar-refractivity contribution is 0.300. The fraction of sp³-hybridized carbons (Fsp3) is 0.385. The minimum absolute atomic E-state index is 0.160. The number of benzene rings is 1. The standard InChI is InChI=1S/C13H16N2O2S/c1-9-3-5-11(6-4-9)13-14-12(15-17-13)8-18-10(2)7-16/h3-6,10,16H,7-8H2,1-2H3. The molecular weight excluding hydrogens is 248 g/mol. The van der Waals surface area contributed by atoms with E-state index in [0.29, 0.717) is 17.5 Å². The first-order chi connectivity index (χ1) is 8.69. The van der Waals surface area contributed by atoms with Gasteiger partial charge in [0.05, 0.1) is 12.4 Å². The second kappa shape index (κ2) is 6.02. The quantitative estimate of drug-likeness (QED) is 0.899. The van der Waals surface area contributed by atoms with Crippen LogP contribution in [0.15, 0.2) is 28.8 Å². The maximum atomic E-state index is 8.94. The van der Waals surface area contributed by atoms with E-state index in [4.69, 9.17) is 9.63 Å². The van der Waals surface area contributed by atoms with Crippen molar-refractivity contribution in [2.75, 3.05) is 6.61 Å². The molecule has 0 radical (unpaired) electrons. The van der Waals surface area contributed by atoms with Crippen molar-refractivity contribution in [1.29, 1.82) is 0 Å². The highest BCUT2D eigenvalue weighted by Gasteiger charge is 2.10. The van der Waals surface area contributed by atoms with Gasteiger partial charge in [0.25, 0.3) is 5.89 Å². The molecule has 2 aromatic rings. The number of thioether (sulfide) groups is 1. The number of hydrogen-bond acceptors (Lipinski definition) is 5. The van der Waals surface area contributed by atoms with Crippen LogP contribution in [0.3, 0.4) is 0 Å². The maximum Gasteiger partial charge on any atom is 0.257 e. The van der Waals surface area contributed by atoms with Crippen LogP contribution in [0.5, 0.6) is 0 Å². The molecule has 2 rings (SSSR count). The van der Waals surface area contributed by atoms with Crippen LogP contribution in [0.4, 0.5) is 0 Å². The highest BCUT2D eigenvalue weighted by molar-refractivity contribution is 7.99. The summed E-state index contributed by atoms with van der Waals surface area (Å²) in [6.07, 6.45) is 0. The molecular formula is C13H16N2O2S. The van der Waals surface area contributed by atoms with E-state index in [1.807, 2.05) is 38.1 Å². The molecule has 0 saturated carbocycles. The summed E-state index contributed by atoms with van der Waals surface area (Å²) in [5, 5.41) is 13.1. The first-order valence-corrected chi connectivity index (χ1v) is 6.86. The molecule has 0 aliphatic heterocycles. The van der Waals surface area contributed by atoms with Gasteiger partial charge in [-0.3, -0.25) is 0 Å². The summed E-state index contributed by atoms with van der Waals surface area (Å²) < 4.78 is 5.22. The Morgan fingerprint density at radius 1 is 1.33 bits per heavy atom. The van der Waals surface area contributed by atoms with Crippen molar-refractivity contribution in [3.8, 4) is 11.5 Å². The molecule has 1 heterocycles. The van der Waals surface area contributed by atoms with Gasteiger partial charge in [-0.2, -0.15) is 4.98 Å². The van der Waals surface area contributed by atoms with Gasteiger partial charge < -0.3 is 9.63 Å². The molecule has 0 fully saturated rings. The van der Waals surface area contributed by atoms with Gasteiger partial charge in [-0.25, -0.2) is 0 Å². The number of aromatic nitrogens is 2. The molecule has 0 amide bonds. The van der Waals surface area contributed by atoms with E-state index in [1.54, 1.807) is 11.8 Å². The molecule has 96 valence electrons. The molecule has 1 aromatic heterocycles. The number of aliphatic hydroxyl groups excluding tert-OH is 1. The highest BCUT2D eigenvalue weighted by atomic mass is 32.2. The van der Waals surface area contributed by atoms with Crippen LogP contribution < -0.4 is 0 Å². The monoisotopic (exact) mass is 264 g/mol. The van der Waals surface area contributed by atoms with Crippen LogP contribution in [0, 0.1) is 6.92 Å². The molecule has 1 N–H and O–H groups in total. The number of aliphatic hydroxyl groups is 1. The number of rotatable bonds is 5. The molecule has 0 aliphatic rings. The fourth-order valence-corrected chi connectivity index (χ4v) is 2.05. The zero-order chi connectivity index (χ0) is 13.0. The van der Waals surface area contributed by atoms with Crippen molar-refractivity contribution in [3.05, 3.63) is 35.7 Å². The van der Waals surface area contributed by atoms with Gasteiger partial charge in [-0.05, 0) is 19.1 Å². The molecule has 1 unspecified atom stereocenters. The molecule has 5 heteroatoms. The molecule has 18 heavy (non-hydrogen) atoms. The smallest absolute Gasteiger partial charge is 0.257 e. The summed E-state index contributed by atoms with van der Waals surface area (Å²) in [5.41, 5.74) is 2.13. The van der Waals surface area contributed by atoms with Gasteiger partial charge in [0.1, 0.15) is 0 Å². The minimum atomic E-state index is 0.160. The van der Waals surface area contributed by atoms with Gasteiger partial charge in [0.15, 0.2) is 5.82 Å². The predicted octanol–water partition coefficient (Wildman–Crippen LogP) is 2.66. The van der Waals surface area contributed by atoms with Crippen LogP contribution >= 0.6 is 11.8 Å². The highest BCUT2D eigenvalue weighted by Crippen LogP contribution is 2.20. The van der Waals surface area contributed by atoms with E-state index in [9.17, 15) is 0 Å². The number of nitrogens with zero attached hydrogens (tertiary/aromatic N) is 2. The third-order valence-electron chi connectivity index (χ3n) is 2.52. The van der Waals surface area contributed by atoms with Crippen molar-refractivity contribution in [2.24, 2.45) is 0 Å². The molecule has 1 atom stereocenters. The van der Waals surface area contributed by atoms with Gasteiger partial charge in [0, 0.05) is 10.8 Å². The van der Waals surface area contributed by atoms with Crippen LogP contribution in [0.1, 0.15) is 18.3 Å². The summed E-state index contributed by atoms with van der Waals surface area (Å²) in [6, 6.07) is 7.97. The SMILES string of the molecule is Cc1ccc(-c2nc(CSC(C)CO)no2)cc1. The average Bonchev–Trinajstić information content (AvgIpc) is 2.85. The zero-order valence-corrected chi connectivity index (χ0v) is 11.3. The second-order valence-corrected chi connectivity index (χ2v) is 5.61. The Morgan fingerprint density at radius 3 is 2.72 bits per heavy atom. The Balaban J connectivity index is 2.03. The van der Waals surface area contributed by atoms with Crippen molar-refractivity contribution in [2.45, 2.75) is 24.9 Å². The van der Waals surface area contributed by atoms with Crippen LogP contribution in [-0.2, 0) is 5.75 Å². The Hall–Kier alpha value is -1.33. The molecule has 0 saturated heterocycles. The molecule has 0 aliphatic carbocycles. The first kappa shape index (κ1) is 13.1. The summed E-state index contributed by atoms with van der Waals surface area (Å²) in [7, 11) is 0. The van der Waals surface area contributed by atoms with Crippen LogP contribution in [-0.4, -0.2) is 27.1 Å². The summed E-state index contributed by atoms with van der Waals surface area (Å²) >= 11 is 1.61. The Labute approximate surface area is 110 Å². The lowest BCUT2D eigenvalue weighted by Crippen LogP contribution is -2.02. The van der Waals surface area contributed by atoms with Gasteiger partial charge >= 0.3 is 0 Å². The molecule has 0 spiro atoms. The molecule has 0 bridgehead atoms. The van der Waals surface area contributed by atoms with Crippen molar-refractivity contribution >= 4 is 11.8 Å². The Morgan fingerprint density at radius 2 is 2.06 bits per heavy atom. The van der Waals surface area contributed by atoms with Crippen LogP contribution in [0.2, 0.25) is 0 Å². The average molecular weight is 264 g/mol. The fourth-order valence-electron chi connectivity index (χ4n) is 1.40. The molecule has 1 aromatic carbocycles.